The molecule has 2 aromatic carbocycles. The van der Waals surface area contributed by atoms with Gasteiger partial charge in [0.15, 0.2) is 11.5 Å². The third kappa shape index (κ3) is 6.60. The molecule has 42 heavy (non-hydrogen) atoms. The van der Waals surface area contributed by atoms with E-state index in [1.54, 1.807) is 30.6 Å². The minimum Gasteiger partial charge on any atom is -0.493 e. The molecule has 2 amide bonds. The van der Waals surface area contributed by atoms with E-state index < -0.39 is 0 Å². The molecular formula is C32H38N4O5S. The number of methoxy groups -OCH3 is 3. The van der Waals surface area contributed by atoms with Gasteiger partial charge in [-0.3, -0.25) is 14.5 Å². The van der Waals surface area contributed by atoms with Crippen LogP contribution in [0.15, 0.2) is 53.9 Å². The first-order valence-electron chi connectivity index (χ1n) is 14.3. The summed E-state index contributed by atoms with van der Waals surface area (Å²) in [6.45, 7) is 5.17. The number of piperidine rings is 1. The lowest BCUT2D eigenvalue weighted by atomic mass is 9.96. The van der Waals surface area contributed by atoms with Crippen LogP contribution in [0.1, 0.15) is 50.2 Å². The summed E-state index contributed by atoms with van der Waals surface area (Å²) in [5.41, 5.74) is 2.17. The minimum absolute atomic E-state index is 0.00476. The van der Waals surface area contributed by atoms with Crippen LogP contribution in [0.3, 0.4) is 0 Å². The van der Waals surface area contributed by atoms with Crippen molar-refractivity contribution in [1.82, 2.24) is 19.7 Å². The molecule has 2 fully saturated rings. The second-order valence-corrected chi connectivity index (χ2v) is 11.3. The molecule has 3 heterocycles. The van der Waals surface area contributed by atoms with Crippen LogP contribution in [0.5, 0.6) is 17.2 Å². The van der Waals surface area contributed by atoms with Gasteiger partial charge in [0, 0.05) is 57.1 Å². The summed E-state index contributed by atoms with van der Waals surface area (Å²) in [6.07, 6.45) is 5.90. The largest absolute Gasteiger partial charge is 0.493 e. The summed E-state index contributed by atoms with van der Waals surface area (Å²) in [6, 6.07) is 13.7. The van der Waals surface area contributed by atoms with Crippen LogP contribution in [0.2, 0.25) is 0 Å². The van der Waals surface area contributed by atoms with Gasteiger partial charge < -0.3 is 24.0 Å². The Balaban J connectivity index is 1.12. The summed E-state index contributed by atoms with van der Waals surface area (Å²) >= 11 is 1.55. The molecule has 5 rings (SSSR count). The first-order valence-corrected chi connectivity index (χ1v) is 15.2. The van der Waals surface area contributed by atoms with Gasteiger partial charge >= 0.3 is 0 Å². The van der Waals surface area contributed by atoms with E-state index in [-0.39, 0.29) is 17.7 Å². The monoisotopic (exact) mass is 590 g/mol. The van der Waals surface area contributed by atoms with Crippen molar-refractivity contribution in [3.63, 3.8) is 0 Å². The van der Waals surface area contributed by atoms with Gasteiger partial charge in [0.05, 0.1) is 31.9 Å². The predicted molar refractivity (Wildman–Crippen MR) is 164 cm³/mol. The van der Waals surface area contributed by atoms with Crippen LogP contribution in [-0.2, 0) is 0 Å². The van der Waals surface area contributed by atoms with Crippen molar-refractivity contribution in [2.45, 2.75) is 18.8 Å². The number of thiazole rings is 1. The molecule has 0 radical (unpaired) electrons. The second kappa shape index (κ2) is 13.8. The Bertz CT molecular complexity index is 1390. The molecule has 3 aromatic rings. The zero-order valence-electron chi connectivity index (χ0n) is 24.5. The fourth-order valence-corrected chi connectivity index (χ4v) is 6.51. The normalized spacial score (nSPS) is 16.5. The quantitative estimate of drug-likeness (QED) is 0.359. The molecule has 0 N–H and O–H groups in total. The van der Waals surface area contributed by atoms with Gasteiger partial charge in [-0.25, -0.2) is 4.98 Å². The number of piperazine rings is 1. The highest BCUT2D eigenvalue weighted by Crippen LogP contribution is 2.41. The molecule has 9 nitrogen and oxygen atoms in total. The lowest BCUT2D eigenvalue weighted by Crippen LogP contribution is -2.48. The number of ether oxygens (including phenoxy) is 3. The predicted octanol–water partition coefficient (Wildman–Crippen LogP) is 4.66. The van der Waals surface area contributed by atoms with E-state index in [1.807, 2.05) is 33.4 Å². The highest BCUT2D eigenvalue weighted by molar-refractivity contribution is 7.09. The third-order valence-electron chi connectivity index (χ3n) is 7.94. The van der Waals surface area contributed by atoms with Gasteiger partial charge in [-0.15, -0.1) is 11.3 Å². The fraction of sp³-hybridized carbons (Fsp3) is 0.406. The zero-order chi connectivity index (χ0) is 29.5. The third-order valence-corrected chi connectivity index (χ3v) is 8.95. The Morgan fingerprint density at radius 1 is 0.857 bits per heavy atom. The minimum atomic E-state index is -0.101. The van der Waals surface area contributed by atoms with Gasteiger partial charge in [0.1, 0.15) is 5.69 Å². The first kappa shape index (κ1) is 29.6. The molecule has 0 aliphatic carbocycles. The van der Waals surface area contributed by atoms with Crippen LogP contribution in [0, 0.1) is 0 Å². The number of carbonyl (C=O) groups excluding carboxylic acids is 2. The maximum Gasteiger partial charge on any atom is 0.273 e. The van der Waals surface area contributed by atoms with Crippen molar-refractivity contribution in [3.05, 3.63) is 75.7 Å². The summed E-state index contributed by atoms with van der Waals surface area (Å²) in [7, 11) is 4.60. The van der Waals surface area contributed by atoms with Crippen molar-refractivity contribution in [2.75, 3.05) is 67.1 Å². The van der Waals surface area contributed by atoms with E-state index in [4.69, 9.17) is 19.2 Å². The van der Waals surface area contributed by atoms with E-state index >= 15 is 0 Å². The summed E-state index contributed by atoms with van der Waals surface area (Å²) in [5.74, 6) is 1.41. The molecule has 0 unspecified atom stereocenters. The van der Waals surface area contributed by atoms with Crippen molar-refractivity contribution < 1.29 is 23.8 Å². The van der Waals surface area contributed by atoms with Gasteiger partial charge in [-0.2, -0.15) is 0 Å². The Hall–Kier alpha value is -3.89. The standard InChI is InChI=1S/C32H38N4O5S/c1-39-27-12-11-25(28(40-2)29(27)41-3)31(37)35-16-13-24(14-17-35)30-33-26(22-42-30)32(38)36-20-18-34(19-21-36)15-7-10-23-8-5-4-6-9-23/h4-12,22,24H,13-21H2,1-3H3. The van der Waals surface area contributed by atoms with E-state index in [0.717, 1.165) is 37.5 Å². The zero-order valence-corrected chi connectivity index (χ0v) is 25.3. The molecule has 2 aliphatic heterocycles. The van der Waals surface area contributed by atoms with E-state index in [9.17, 15) is 9.59 Å². The SMILES string of the molecule is COc1ccc(C(=O)N2CCC(c3nc(C(=O)N4CCN(CC=Cc5ccccc5)CC4)cs3)CC2)c(OC)c1OC. The maximum atomic E-state index is 13.4. The van der Waals surface area contributed by atoms with Crippen molar-refractivity contribution >= 4 is 29.2 Å². The average molecular weight is 591 g/mol. The number of aromatic nitrogens is 1. The molecule has 222 valence electrons. The number of nitrogens with zero attached hydrogens (tertiary/aromatic N) is 4. The smallest absolute Gasteiger partial charge is 0.273 e. The lowest BCUT2D eigenvalue weighted by Gasteiger charge is -2.33. The number of benzene rings is 2. The topological polar surface area (TPSA) is 84.4 Å². The summed E-state index contributed by atoms with van der Waals surface area (Å²) in [4.78, 5) is 37.5. The van der Waals surface area contributed by atoms with Gasteiger partial charge in [0.25, 0.3) is 11.8 Å². The molecule has 0 bridgehead atoms. The van der Waals surface area contributed by atoms with Crippen LogP contribution < -0.4 is 14.2 Å². The molecule has 0 saturated carbocycles. The van der Waals surface area contributed by atoms with Crippen molar-refractivity contribution in [2.24, 2.45) is 0 Å². The number of amides is 2. The molecule has 2 aliphatic rings. The van der Waals surface area contributed by atoms with Crippen LogP contribution >= 0.6 is 11.3 Å². The number of hydrogen-bond donors (Lipinski definition) is 0. The molecule has 2 saturated heterocycles. The van der Waals surface area contributed by atoms with Crippen LogP contribution in [0.4, 0.5) is 0 Å². The summed E-state index contributed by atoms with van der Waals surface area (Å²) in [5, 5.41) is 2.86. The lowest BCUT2D eigenvalue weighted by molar-refractivity contribution is 0.0645. The molecule has 0 atom stereocenters. The summed E-state index contributed by atoms with van der Waals surface area (Å²) < 4.78 is 16.3. The van der Waals surface area contributed by atoms with Crippen molar-refractivity contribution in [3.8, 4) is 17.2 Å². The molecular weight excluding hydrogens is 552 g/mol. The van der Waals surface area contributed by atoms with Crippen LogP contribution in [0.25, 0.3) is 6.08 Å². The maximum absolute atomic E-state index is 13.4. The van der Waals surface area contributed by atoms with Crippen molar-refractivity contribution in [1.29, 1.82) is 0 Å². The molecule has 0 spiro atoms. The highest BCUT2D eigenvalue weighted by Gasteiger charge is 2.30. The highest BCUT2D eigenvalue weighted by atomic mass is 32.1. The second-order valence-electron chi connectivity index (χ2n) is 10.4. The van der Waals surface area contributed by atoms with Crippen LogP contribution in [-0.4, -0.2) is 98.6 Å². The van der Waals surface area contributed by atoms with E-state index in [1.165, 1.54) is 19.8 Å². The first-order chi connectivity index (χ1) is 20.5. The number of carbonyl (C=O) groups is 2. The van der Waals surface area contributed by atoms with Gasteiger partial charge in [-0.1, -0.05) is 42.5 Å². The average Bonchev–Trinajstić information content (AvgIpc) is 3.54. The Morgan fingerprint density at radius 3 is 2.21 bits per heavy atom. The van der Waals surface area contributed by atoms with E-state index in [0.29, 0.717) is 54.7 Å². The Kier molecular flexibility index (Phi) is 9.76. The van der Waals surface area contributed by atoms with Gasteiger partial charge in [0.2, 0.25) is 5.75 Å². The van der Waals surface area contributed by atoms with E-state index in [2.05, 4.69) is 29.2 Å². The number of likely N-dealkylation sites (tertiary alicyclic amines) is 1. The molecule has 1 aromatic heterocycles. The number of rotatable bonds is 9. The fourth-order valence-electron chi connectivity index (χ4n) is 5.54. The number of hydrogen-bond acceptors (Lipinski definition) is 8. The Morgan fingerprint density at radius 2 is 1.55 bits per heavy atom. The van der Waals surface area contributed by atoms with Gasteiger partial charge in [-0.05, 0) is 30.5 Å². The molecule has 10 heteroatoms. The Labute approximate surface area is 251 Å².